The zero-order valence-corrected chi connectivity index (χ0v) is 25.9. The molecule has 0 aromatic heterocycles. The minimum atomic E-state index is 0.0423. The van der Waals surface area contributed by atoms with Crippen molar-refractivity contribution < 1.29 is 0 Å². The number of rotatable bonds is 8. The standard InChI is InChI=1S/C32H33N3.C8H13N/c1-25-10-7-8-21-34-32(35(25)24-27-11-3-2-4-12-27)29-19-17-26(18-20-29)22-33-23-30-15-9-14-28-13-5-6-16-31(28)30;1-7-3-2-4-8(5-7)6-9/h2-11,13-21,27,32-34H,1,12,22-24H2;2-4,8H,5-6,9H2,1H3/b10-7-,21-8-;. The van der Waals surface area contributed by atoms with Crippen molar-refractivity contribution in [1.82, 2.24) is 15.5 Å². The molecular formula is C40H46N4. The highest BCUT2D eigenvalue weighted by molar-refractivity contribution is 5.85. The quantitative estimate of drug-likeness (QED) is 0.251. The Bertz CT molecular complexity index is 1570. The molecular weight excluding hydrogens is 536 g/mol. The molecule has 0 saturated carbocycles. The monoisotopic (exact) mass is 582 g/mol. The number of benzene rings is 3. The van der Waals surface area contributed by atoms with Crippen molar-refractivity contribution in [3.63, 3.8) is 0 Å². The van der Waals surface area contributed by atoms with Crippen molar-refractivity contribution in [3.8, 4) is 0 Å². The third kappa shape index (κ3) is 8.59. The summed E-state index contributed by atoms with van der Waals surface area (Å²) in [7, 11) is 0. The Morgan fingerprint density at radius 1 is 0.886 bits per heavy atom. The first-order chi connectivity index (χ1) is 21.6. The van der Waals surface area contributed by atoms with Crippen LogP contribution in [0.1, 0.15) is 42.6 Å². The lowest BCUT2D eigenvalue weighted by atomic mass is 9.96. The Morgan fingerprint density at radius 3 is 2.48 bits per heavy atom. The van der Waals surface area contributed by atoms with Crippen LogP contribution in [-0.2, 0) is 13.1 Å². The average Bonchev–Trinajstić information content (AvgIpc) is 3.06. The molecule has 4 nitrogen and oxygen atoms in total. The van der Waals surface area contributed by atoms with E-state index in [2.05, 4.69) is 144 Å². The van der Waals surface area contributed by atoms with Crippen molar-refractivity contribution >= 4 is 10.8 Å². The molecule has 0 radical (unpaired) electrons. The van der Waals surface area contributed by atoms with Gasteiger partial charge in [-0.2, -0.15) is 0 Å². The minimum Gasteiger partial charge on any atom is -0.368 e. The summed E-state index contributed by atoms with van der Waals surface area (Å²) in [5.41, 5.74) is 11.8. The van der Waals surface area contributed by atoms with Gasteiger partial charge in [-0.15, -0.1) is 0 Å². The molecule has 3 aromatic rings. The van der Waals surface area contributed by atoms with Gasteiger partial charge in [0.05, 0.1) is 0 Å². The van der Waals surface area contributed by atoms with Gasteiger partial charge in [-0.25, -0.2) is 0 Å². The van der Waals surface area contributed by atoms with Gasteiger partial charge in [0.15, 0.2) is 0 Å². The van der Waals surface area contributed by atoms with E-state index in [0.29, 0.717) is 11.8 Å². The maximum absolute atomic E-state index is 5.49. The molecule has 0 fully saturated rings. The number of fused-ring (bicyclic) bond motifs is 1. The average molecular weight is 583 g/mol. The van der Waals surface area contributed by atoms with Gasteiger partial charge in [0, 0.05) is 25.3 Å². The van der Waals surface area contributed by atoms with Gasteiger partial charge >= 0.3 is 0 Å². The smallest absolute Gasteiger partial charge is 0.125 e. The van der Waals surface area contributed by atoms with E-state index in [1.54, 1.807) is 0 Å². The molecule has 44 heavy (non-hydrogen) atoms. The van der Waals surface area contributed by atoms with E-state index < -0.39 is 0 Å². The lowest BCUT2D eigenvalue weighted by Crippen LogP contribution is -2.38. The second-order valence-corrected chi connectivity index (χ2v) is 11.8. The summed E-state index contributed by atoms with van der Waals surface area (Å²) in [4.78, 5) is 2.38. The normalized spacial score (nSPS) is 22.3. The molecule has 3 atom stereocenters. The summed E-state index contributed by atoms with van der Waals surface area (Å²) in [5.74, 6) is 1.07. The van der Waals surface area contributed by atoms with Crippen molar-refractivity contribution in [2.45, 2.75) is 39.0 Å². The van der Waals surface area contributed by atoms with Crippen molar-refractivity contribution in [2.75, 3.05) is 13.1 Å². The summed E-state index contributed by atoms with van der Waals surface area (Å²) >= 11 is 0. The van der Waals surface area contributed by atoms with Crippen LogP contribution in [0.25, 0.3) is 10.8 Å². The fraction of sp³-hybridized carbons (Fsp3) is 0.250. The molecule has 1 heterocycles. The van der Waals surface area contributed by atoms with Gasteiger partial charge in [0.1, 0.15) is 6.17 Å². The number of hydrogen-bond donors (Lipinski definition) is 3. The topological polar surface area (TPSA) is 53.3 Å². The van der Waals surface area contributed by atoms with Gasteiger partial charge in [-0.1, -0.05) is 127 Å². The molecule has 6 rings (SSSR count). The molecule has 0 spiro atoms. The van der Waals surface area contributed by atoms with E-state index in [4.69, 9.17) is 5.73 Å². The third-order valence-electron chi connectivity index (χ3n) is 8.40. The summed E-state index contributed by atoms with van der Waals surface area (Å²) in [6, 6.07) is 24.0. The first-order valence-corrected chi connectivity index (χ1v) is 15.8. The lowest BCUT2D eigenvalue weighted by molar-refractivity contribution is 0.218. The molecule has 0 bridgehead atoms. The Hall–Kier alpha value is -4.38. The van der Waals surface area contributed by atoms with Crippen molar-refractivity contribution in [1.29, 1.82) is 0 Å². The van der Waals surface area contributed by atoms with Crippen LogP contribution >= 0.6 is 0 Å². The highest BCUT2D eigenvalue weighted by Crippen LogP contribution is 2.27. The molecule has 4 heteroatoms. The van der Waals surface area contributed by atoms with Crippen LogP contribution in [0.3, 0.4) is 0 Å². The molecule has 3 unspecified atom stereocenters. The number of nitrogens with zero attached hydrogens (tertiary/aromatic N) is 1. The summed E-state index contributed by atoms with van der Waals surface area (Å²) in [6.45, 7) is 9.89. The maximum Gasteiger partial charge on any atom is 0.125 e. The Balaban J connectivity index is 0.000000367. The predicted molar refractivity (Wildman–Crippen MR) is 187 cm³/mol. The van der Waals surface area contributed by atoms with Gasteiger partial charge in [0.2, 0.25) is 0 Å². The Kier molecular flexibility index (Phi) is 11.2. The van der Waals surface area contributed by atoms with Gasteiger partial charge in [0.25, 0.3) is 0 Å². The summed E-state index contributed by atoms with van der Waals surface area (Å²) < 4.78 is 0. The van der Waals surface area contributed by atoms with Crippen LogP contribution in [0, 0.1) is 11.8 Å². The molecule has 1 aliphatic heterocycles. The number of nitrogens with one attached hydrogen (secondary N) is 2. The van der Waals surface area contributed by atoms with Gasteiger partial charge < -0.3 is 21.3 Å². The Morgan fingerprint density at radius 2 is 1.70 bits per heavy atom. The first-order valence-electron chi connectivity index (χ1n) is 15.8. The zero-order valence-electron chi connectivity index (χ0n) is 25.9. The maximum atomic E-state index is 5.49. The molecule has 2 aliphatic carbocycles. The third-order valence-corrected chi connectivity index (χ3v) is 8.40. The van der Waals surface area contributed by atoms with E-state index in [9.17, 15) is 0 Å². The number of allylic oxidation sites excluding steroid dienone is 9. The van der Waals surface area contributed by atoms with Gasteiger partial charge in [-0.3, -0.25) is 0 Å². The van der Waals surface area contributed by atoms with Crippen molar-refractivity contribution in [3.05, 3.63) is 168 Å². The van der Waals surface area contributed by atoms with E-state index in [-0.39, 0.29) is 6.17 Å². The molecule has 3 aromatic carbocycles. The van der Waals surface area contributed by atoms with Crippen LogP contribution in [0.5, 0.6) is 0 Å². The molecule has 3 aliphatic rings. The van der Waals surface area contributed by atoms with E-state index in [0.717, 1.165) is 44.7 Å². The molecule has 0 amide bonds. The first kappa shape index (κ1) is 31.1. The largest absolute Gasteiger partial charge is 0.368 e. The SMILES string of the molecule is C=C1/C=C\C=C/NC(c2ccc(CNCc3cccc4ccccc34)cc2)N1CC1C=CC=CC1.CC1=CC=CC(CN)C1. The van der Waals surface area contributed by atoms with Crippen LogP contribution < -0.4 is 16.4 Å². The zero-order chi connectivity index (χ0) is 30.6. The summed E-state index contributed by atoms with van der Waals surface area (Å²) in [6.07, 6.45) is 25.7. The highest BCUT2D eigenvalue weighted by atomic mass is 15.3. The highest BCUT2D eigenvalue weighted by Gasteiger charge is 2.23. The fourth-order valence-corrected chi connectivity index (χ4v) is 5.93. The van der Waals surface area contributed by atoms with Gasteiger partial charge in [-0.05, 0) is 84.0 Å². The fourth-order valence-electron chi connectivity index (χ4n) is 5.93. The lowest BCUT2D eigenvalue weighted by Gasteiger charge is -2.37. The minimum absolute atomic E-state index is 0.0423. The van der Waals surface area contributed by atoms with Crippen molar-refractivity contribution in [2.24, 2.45) is 17.6 Å². The van der Waals surface area contributed by atoms with Crippen LogP contribution in [0.15, 0.2) is 152 Å². The second-order valence-electron chi connectivity index (χ2n) is 11.8. The number of hydrogen-bond acceptors (Lipinski definition) is 4. The molecule has 0 saturated heterocycles. The van der Waals surface area contributed by atoms with E-state index in [1.807, 2.05) is 18.4 Å². The number of nitrogens with two attached hydrogens (primary N) is 1. The van der Waals surface area contributed by atoms with Crippen LogP contribution in [0.2, 0.25) is 0 Å². The van der Waals surface area contributed by atoms with Crippen LogP contribution in [-0.4, -0.2) is 18.0 Å². The molecule has 226 valence electrons. The summed E-state index contributed by atoms with van der Waals surface area (Å²) in [5, 5.41) is 9.82. The van der Waals surface area contributed by atoms with E-state index >= 15 is 0 Å². The molecule has 4 N–H and O–H groups in total. The predicted octanol–water partition coefficient (Wildman–Crippen LogP) is 8.22. The second kappa shape index (κ2) is 15.9. The van der Waals surface area contributed by atoms with E-state index in [1.165, 1.54) is 33.0 Å². The van der Waals surface area contributed by atoms with Crippen LogP contribution in [0.4, 0.5) is 0 Å². The Labute approximate surface area is 263 Å².